The van der Waals surface area contributed by atoms with Crippen LogP contribution in [0, 0.1) is 0 Å². The van der Waals surface area contributed by atoms with Crippen LogP contribution in [-0.4, -0.2) is 23.0 Å². The molecule has 4 aromatic rings. The molecular weight excluding hydrogens is 495 g/mol. The van der Waals surface area contributed by atoms with Gasteiger partial charge in [-0.25, -0.2) is 0 Å². The van der Waals surface area contributed by atoms with Crippen LogP contribution in [0.15, 0.2) is 72.8 Å². The molecule has 34 heavy (non-hydrogen) atoms. The van der Waals surface area contributed by atoms with Crippen molar-refractivity contribution in [2.24, 2.45) is 0 Å². The lowest BCUT2D eigenvalue weighted by Crippen LogP contribution is -2.05. The van der Waals surface area contributed by atoms with E-state index in [4.69, 9.17) is 23.2 Å². The van der Waals surface area contributed by atoms with E-state index in [2.05, 4.69) is 14.6 Å². The fourth-order valence-corrected chi connectivity index (χ4v) is 3.80. The zero-order chi connectivity index (χ0) is 24.2. The third-order valence-electron chi connectivity index (χ3n) is 4.87. The quantitative estimate of drug-likeness (QED) is 0.227. The SMILES string of the molecule is FC(F)Oc1ccc(-c2cc(-c3ccc(OC(F)F)cc3)n(Cc3ccc(Cl)cc3Cl)n2)cc1. The molecule has 0 atom stereocenters. The Morgan fingerprint density at radius 2 is 1.29 bits per heavy atom. The highest BCUT2D eigenvalue weighted by Gasteiger charge is 2.15. The first kappa shape index (κ1) is 23.9. The molecule has 0 aliphatic heterocycles. The highest BCUT2D eigenvalue weighted by Crippen LogP contribution is 2.31. The molecule has 0 aliphatic carbocycles. The molecular formula is C24H16Cl2F4N2O2. The number of rotatable bonds is 8. The summed E-state index contributed by atoms with van der Waals surface area (Å²) in [6.07, 6.45) is 0. The number of ether oxygens (including phenoxy) is 2. The number of alkyl halides is 4. The second-order valence-corrected chi connectivity index (χ2v) is 7.96. The summed E-state index contributed by atoms with van der Waals surface area (Å²) in [6.45, 7) is -5.54. The fraction of sp³-hybridized carbons (Fsp3) is 0.125. The Kier molecular flexibility index (Phi) is 7.29. The second-order valence-electron chi connectivity index (χ2n) is 7.11. The number of hydrogen-bond acceptors (Lipinski definition) is 3. The summed E-state index contributed by atoms with van der Waals surface area (Å²) in [5, 5.41) is 5.62. The van der Waals surface area contributed by atoms with Gasteiger partial charge in [-0.2, -0.15) is 22.7 Å². The Morgan fingerprint density at radius 3 is 1.82 bits per heavy atom. The van der Waals surface area contributed by atoms with Gasteiger partial charge in [0.05, 0.1) is 17.9 Å². The summed E-state index contributed by atoms with van der Waals surface area (Å²) in [5.74, 6) is 0.0568. The molecule has 0 saturated carbocycles. The van der Waals surface area contributed by atoms with E-state index in [-0.39, 0.29) is 11.5 Å². The molecule has 4 nitrogen and oxygen atoms in total. The summed E-state index contributed by atoms with van der Waals surface area (Å²) in [6, 6.07) is 19.1. The van der Waals surface area contributed by atoms with Gasteiger partial charge in [-0.05, 0) is 72.3 Å². The number of aromatic nitrogens is 2. The van der Waals surface area contributed by atoms with Crippen molar-refractivity contribution >= 4 is 23.2 Å². The predicted octanol–water partition coefficient (Wildman–Crippen LogP) is 7.78. The normalized spacial score (nSPS) is 11.3. The van der Waals surface area contributed by atoms with E-state index in [1.165, 1.54) is 24.3 Å². The van der Waals surface area contributed by atoms with E-state index in [1.54, 1.807) is 53.2 Å². The molecule has 0 N–H and O–H groups in total. The van der Waals surface area contributed by atoms with Crippen molar-refractivity contribution in [2.45, 2.75) is 19.8 Å². The van der Waals surface area contributed by atoms with Gasteiger partial charge in [-0.15, -0.1) is 0 Å². The molecule has 1 aromatic heterocycles. The lowest BCUT2D eigenvalue weighted by molar-refractivity contribution is -0.0505. The first-order valence-electron chi connectivity index (χ1n) is 9.91. The Labute approximate surface area is 202 Å². The van der Waals surface area contributed by atoms with Crippen molar-refractivity contribution in [3.63, 3.8) is 0 Å². The molecule has 0 aliphatic rings. The van der Waals surface area contributed by atoms with E-state index in [0.29, 0.717) is 39.1 Å². The lowest BCUT2D eigenvalue weighted by Gasteiger charge is -2.10. The largest absolute Gasteiger partial charge is 0.435 e. The topological polar surface area (TPSA) is 36.3 Å². The van der Waals surface area contributed by atoms with Crippen LogP contribution in [0.2, 0.25) is 10.0 Å². The van der Waals surface area contributed by atoms with Crippen molar-refractivity contribution in [2.75, 3.05) is 0 Å². The van der Waals surface area contributed by atoms with Gasteiger partial charge < -0.3 is 9.47 Å². The predicted molar refractivity (Wildman–Crippen MR) is 122 cm³/mol. The molecule has 4 rings (SSSR count). The third kappa shape index (κ3) is 5.81. The van der Waals surface area contributed by atoms with Gasteiger partial charge in [0, 0.05) is 21.2 Å². The Balaban J connectivity index is 1.71. The molecule has 0 radical (unpaired) electrons. The lowest BCUT2D eigenvalue weighted by atomic mass is 10.1. The van der Waals surface area contributed by atoms with Crippen LogP contribution < -0.4 is 9.47 Å². The zero-order valence-corrected chi connectivity index (χ0v) is 18.8. The standard InChI is InChI=1S/C24H16Cl2F4N2O2/c25-17-6-1-16(20(26)11-17)13-32-22(15-4-9-19(10-5-15)34-24(29)30)12-21(31-32)14-2-7-18(8-3-14)33-23(27)28/h1-12,23-24H,13H2. The summed E-state index contributed by atoms with van der Waals surface area (Å²) in [7, 11) is 0. The van der Waals surface area contributed by atoms with Gasteiger partial charge in [0.25, 0.3) is 0 Å². The van der Waals surface area contributed by atoms with Gasteiger partial charge in [-0.1, -0.05) is 29.3 Å². The van der Waals surface area contributed by atoms with Crippen molar-refractivity contribution in [1.29, 1.82) is 0 Å². The van der Waals surface area contributed by atoms with Crippen molar-refractivity contribution in [3.05, 3.63) is 88.4 Å². The van der Waals surface area contributed by atoms with Crippen molar-refractivity contribution in [1.82, 2.24) is 9.78 Å². The first-order valence-corrected chi connectivity index (χ1v) is 10.7. The molecule has 0 fully saturated rings. The molecule has 0 saturated heterocycles. The molecule has 0 bridgehead atoms. The third-order valence-corrected chi connectivity index (χ3v) is 5.45. The molecule has 1 heterocycles. The maximum atomic E-state index is 12.5. The van der Waals surface area contributed by atoms with E-state index in [1.807, 2.05) is 0 Å². The summed E-state index contributed by atoms with van der Waals surface area (Å²) < 4.78 is 60.4. The molecule has 176 valence electrons. The van der Waals surface area contributed by atoms with Crippen LogP contribution in [0.1, 0.15) is 5.56 Å². The number of benzene rings is 3. The average Bonchev–Trinajstić information content (AvgIpc) is 3.20. The Morgan fingerprint density at radius 1 is 0.735 bits per heavy atom. The molecule has 10 heteroatoms. The van der Waals surface area contributed by atoms with Crippen LogP contribution in [0.4, 0.5) is 17.6 Å². The van der Waals surface area contributed by atoms with Gasteiger partial charge in [-0.3, -0.25) is 4.68 Å². The fourth-order valence-electron chi connectivity index (χ4n) is 3.34. The van der Waals surface area contributed by atoms with Gasteiger partial charge in [0.2, 0.25) is 0 Å². The Bertz CT molecular complexity index is 1260. The van der Waals surface area contributed by atoms with E-state index in [0.717, 1.165) is 5.56 Å². The van der Waals surface area contributed by atoms with Crippen LogP contribution in [-0.2, 0) is 6.54 Å². The maximum absolute atomic E-state index is 12.5. The van der Waals surface area contributed by atoms with Gasteiger partial charge in [0.1, 0.15) is 11.5 Å². The van der Waals surface area contributed by atoms with Gasteiger partial charge >= 0.3 is 13.2 Å². The number of halogens is 6. The highest BCUT2D eigenvalue weighted by molar-refractivity contribution is 6.35. The highest BCUT2D eigenvalue weighted by atomic mass is 35.5. The van der Waals surface area contributed by atoms with E-state index < -0.39 is 13.2 Å². The molecule has 3 aromatic carbocycles. The maximum Gasteiger partial charge on any atom is 0.387 e. The summed E-state index contributed by atoms with van der Waals surface area (Å²) in [5.41, 5.74) is 3.37. The van der Waals surface area contributed by atoms with Crippen LogP contribution >= 0.6 is 23.2 Å². The van der Waals surface area contributed by atoms with Crippen LogP contribution in [0.3, 0.4) is 0 Å². The molecule has 0 unspecified atom stereocenters. The summed E-state index contributed by atoms with van der Waals surface area (Å²) >= 11 is 12.3. The number of nitrogens with zero attached hydrogens (tertiary/aromatic N) is 2. The summed E-state index contributed by atoms with van der Waals surface area (Å²) in [4.78, 5) is 0. The second kappa shape index (κ2) is 10.4. The van der Waals surface area contributed by atoms with Crippen molar-refractivity contribution < 1.29 is 27.0 Å². The van der Waals surface area contributed by atoms with E-state index >= 15 is 0 Å². The van der Waals surface area contributed by atoms with Crippen molar-refractivity contribution in [3.8, 4) is 34.0 Å². The monoisotopic (exact) mass is 510 g/mol. The average molecular weight is 511 g/mol. The first-order chi connectivity index (χ1) is 16.3. The number of hydrogen-bond donors (Lipinski definition) is 0. The van der Waals surface area contributed by atoms with Gasteiger partial charge in [0.15, 0.2) is 0 Å². The van der Waals surface area contributed by atoms with Crippen LogP contribution in [0.5, 0.6) is 11.5 Å². The zero-order valence-electron chi connectivity index (χ0n) is 17.3. The molecule has 0 amide bonds. The minimum Gasteiger partial charge on any atom is -0.435 e. The minimum atomic E-state index is -2.92. The van der Waals surface area contributed by atoms with Crippen LogP contribution in [0.25, 0.3) is 22.5 Å². The molecule has 0 spiro atoms. The smallest absolute Gasteiger partial charge is 0.387 e. The minimum absolute atomic E-state index is 0.0282. The Hall–Kier alpha value is -3.23. The van der Waals surface area contributed by atoms with E-state index in [9.17, 15) is 17.6 Å².